The van der Waals surface area contributed by atoms with Crippen LogP contribution in [0.15, 0.2) is 16.0 Å². The van der Waals surface area contributed by atoms with Crippen molar-refractivity contribution >= 4 is 12.2 Å². The summed E-state index contributed by atoms with van der Waals surface area (Å²) in [6, 6.07) is -0.184. The van der Waals surface area contributed by atoms with Gasteiger partial charge in [-0.05, 0) is 19.3 Å². The molecule has 1 aromatic rings. The van der Waals surface area contributed by atoms with Gasteiger partial charge in [-0.2, -0.15) is 4.98 Å². The summed E-state index contributed by atoms with van der Waals surface area (Å²) in [5, 5.41) is 9.46. The van der Waals surface area contributed by atoms with Crippen LogP contribution >= 0.6 is 0 Å². The Morgan fingerprint density at radius 3 is 2.89 bits per heavy atom. The van der Waals surface area contributed by atoms with Gasteiger partial charge in [0, 0.05) is 26.3 Å². The summed E-state index contributed by atoms with van der Waals surface area (Å²) < 4.78 is 15.1. The molecule has 7 heteroatoms. The average Bonchev–Trinajstić information content (AvgIpc) is 2.76. The standard InChI is InChI=1S/C12H17FN4O2/c1-16(2)7-14-11-10(13)6-17(12(19)15-11)8-3-4-9(18)5-8/h6-9,18H,3-5H2,1-2H3/b14-7+/t8-,9-/m0/s1. The third-order valence-electron chi connectivity index (χ3n) is 3.07. The molecular formula is C12H17FN4O2. The zero-order valence-electron chi connectivity index (χ0n) is 11.0. The highest BCUT2D eigenvalue weighted by Crippen LogP contribution is 2.29. The Hall–Kier alpha value is -1.76. The largest absolute Gasteiger partial charge is 0.393 e. The summed E-state index contributed by atoms with van der Waals surface area (Å²) in [5.74, 6) is -0.854. The molecule has 1 saturated carbocycles. The van der Waals surface area contributed by atoms with Crippen LogP contribution in [0.2, 0.25) is 0 Å². The molecular weight excluding hydrogens is 251 g/mol. The Morgan fingerprint density at radius 1 is 1.58 bits per heavy atom. The molecule has 0 aliphatic heterocycles. The Morgan fingerprint density at radius 2 is 2.32 bits per heavy atom. The van der Waals surface area contributed by atoms with E-state index in [2.05, 4.69) is 9.98 Å². The van der Waals surface area contributed by atoms with E-state index in [0.717, 1.165) is 6.20 Å². The second-order valence-electron chi connectivity index (χ2n) is 4.93. The Bertz CT molecular complexity index is 541. The number of halogens is 1. The summed E-state index contributed by atoms with van der Waals surface area (Å²) in [5.41, 5.74) is -0.536. The molecule has 1 aliphatic carbocycles. The molecule has 0 saturated heterocycles. The van der Waals surface area contributed by atoms with Crippen molar-refractivity contribution in [1.82, 2.24) is 14.5 Å². The van der Waals surface area contributed by atoms with Crippen molar-refractivity contribution in [3.8, 4) is 0 Å². The van der Waals surface area contributed by atoms with Crippen LogP contribution in [-0.2, 0) is 0 Å². The first-order chi connectivity index (χ1) is 8.97. The van der Waals surface area contributed by atoms with Crippen LogP contribution in [0.4, 0.5) is 10.2 Å². The number of aliphatic hydroxyl groups excluding tert-OH is 1. The molecule has 0 bridgehead atoms. The van der Waals surface area contributed by atoms with E-state index in [1.165, 1.54) is 10.9 Å². The van der Waals surface area contributed by atoms with E-state index >= 15 is 0 Å². The Balaban J connectivity index is 2.29. The minimum Gasteiger partial charge on any atom is -0.393 e. The average molecular weight is 268 g/mol. The van der Waals surface area contributed by atoms with E-state index in [0.29, 0.717) is 19.3 Å². The lowest BCUT2D eigenvalue weighted by atomic mass is 10.2. The van der Waals surface area contributed by atoms with Gasteiger partial charge in [0.2, 0.25) is 0 Å². The molecule has 0 radical (unpaired) electrons. The van der Waals surface area contributed by atoms with Gasteiger partial charge in [-0.3, -0.25) is 4.57 Å². The van der Waals surface area contributed by atoms with Gasteiger partial charge < -0.3 is 10.0 Å². The number of nitrogens with zero attached hydrogens (tertiary/aromatic N) is 4. The fraction of sp³-hybridized carbons (Fsp3) is 0.583. The van der Waals surface area contributed by atoms with Gasteiger partial charge in [0.25, 0.3) is 0 Å². The van der Waals surface area contributed by atoms with Gasteiger partial charge in [0.15, 0.2) is 11.6 Å². The van der Waals surface area contributed by atoms with Crippen molar-refractivity contribution in [2.75, 3.05) is 14.1 Å². The number of hydrogen-bond donors (Lipinski definition) is 1. The molecule has 1 heterocycles. The van der Waals surface area contributed by atoms with Gasteiger partial charge in [0.05, 0.1) is 12.4 Å². The SMILES string of the molecule is CN(C)/C=N/c1nc(=O)n([C@H]2CC[C@H](O)C2)cc1F. The minimum absolute atomic E-state index is 0.184. The molecule has 104 valence electrons. The molecule has 1 aromatic heterocycles. The molecule has 1 aliphatic rings. The summed E-state index contributed by atoms with van der Waals surface area (Å²) in [6.45, 7) is 0. The lowest BCUT2D eigenvalue weighted by molar-refractivity contribution is 0.177. The predicted octanol–water partition coefficient (Wildman–Crippen LogP) is 0.690. The van der Waals surface area contributed by atoms with E-state index in [1.54, 1.807) is 19.0 Å². The maximum Gasteiger partial charge on any atom is 0.350 e. The molecule has 0 spiro atoms. The molecule has 19 heavy (non-hydrogen) atoms. The summed E-state index contributed by atoms with van der Waals surface area (Å²) in [7, 11) is 3.48. The van der Waals surface area contributed by atoms with E-state index in [-0.39, 0.29) is 11.9 Å². The van der Waals surface area contributed by atoms with E-state index in [1.807, 2.05) is 0 Å². The maximum absolute atomic E-state index is 13.8. The van der Waals surface area contributed by atoms with Crippen molar-refractivity contribution in [2.24, 2.45) is 4.99 Å². The van der Waals surface area contributed by atoms with Crippen molar-refractivity contribution < 1.29 is 9.50 Å². The minimum atomic E-state index is -0.640. The third kappa shape index (κ3) is 3.17. The predicted molar refractivity (Wildman–Crippen MR) is 69.2 cm³/mol. The first-order valence-electron chi connectivity index (χ1n) is 6.14. The van der Waals surface area contributed by atoms with Gasteiger partial charge >= 0.3 is 5.69 Å². The smallest absolute Gasteiger partial charge is 0.350 e. The van der Waals surface area contributed by atoms with Crippen molar-refractivity contribution in [1.29, 1.82) is 0 Å². The van der Waals surface area contributed by atoms with E-state index in [9.17, 15) is 14.3 Å². The quantitative estimate of drug-likeness (QED) is 0.647. The monoisotopic (exact) mass is 268 g/mol. The van der Waals surface area contributed by atoms with Crippen molar-refractivity contribution in [3.63, 3.8) is 0 Å². The summed E-state index contributed by atoms with van der Waals surface area (Å²) >= 11 is 0. The second-order valence-corrected chi connectivity index (χ2v) is 4.93. The highest BCUT2D eigenvalue weighted by atomic mass is 19.1. The van der Waals surface area contributed by atoms with E-state index in [4.69, 9.17) is 0 Å². The molecule has 0 unspecified atom stereocenters. The number of hydrogen-bond acceptors (Lipinski definition) is 4. The summed E-state index contributed by atoms with van der Waals surface area (Å²) in [4.78, 5) is 20.9. The van der Waals surface area contributed by atoms with Gasteiger partial charge in [-0.1, -0.05) is 0 Å². The molecule has 6 nitrogen and oxygen atoms in total. The fourth-order valence-corrected chi connectivity index (χ4v) is 2.15. The van der Waals surface area contributed by atoms with Crippen LogP contribution in [0.5, 0.6) is 0 Å². The van der Waals surface area contributed by atoms with Crippen LogP contribution in [0.3, 0.4) is 0 Å². The molecule has 2 atom stereocenters. The highest BCUT2D eigenvalue weighted by Gasteiger charge is 2.25. The Kier molecular flexibility index (Phi) is 3.94. The molecule has 0 amide bonds. The molecule has 1 N–H and O–H groups in total. The lowest BCUT2D eigenvalue weighted by Gasteiger charge is -2.13. The van der Waals surface area contributed by atoms with E-state index < -0.39 is 17.6 Å². The normalized spacial score (nSPS) is 23.2. The topological polar surface area (TPSA) is 70.7 Å². The van der Waals surface area contributed by atoms with Crippen molar-refractivity contribution in [3.05, 3.63) is 22.5 Å². The van der Waals surface area contributed by atoms with Crippen LogP contribution in [0.25, 0.3) is 0 Å². The maximum atomic E-state index is 13.8. The summed E-state index contributed by atoms with van der Waals surface area (Å²) in [6.07, 6.45) is 3.82. The van der Waals surface area contributed by atoms with Crippen LogP contribution in [-0.4, -0.2) is 46.1 Å². The second kappa shape index (κ2) is 5.48. The number of aliphatic hydroxyl groups is 1. The van der Waals surface area contributed by atoms with Gasteiger partial charge in [-0.25, -0.2) is 14.2 Å². The lowest BCUT2D eigenvalue weighted by Crippen LogP contribution is -2.26. The van der Waals surface area contributed by atoms with Crippen LogP contribution in [0, 0.1) is 5.82 Å². The first-order valence-corrected chi connectivity index (χ1v) is 6.14. The van der Waals surface area contributed by atoms with Crippen molar-refractivity contribution in [2.45, 2.75) is 31.4 Å². The van der Waals surface area contributed by atoms with Crippen LogP contribution in [0.1, 0.15) is 25.3 Å². The molecule has 0 aromatic carbocycles. The van der Waals surface area contributed by atoms with Crippen LogP contribution < -0.4 is 5.69 Å². The number of aliphatic imine (C=N–C) groups is 1. The third-order valence-corrected chi connectivity index (χ3v) is 3.07. The molecule has 2 rings (SSSR count). The number of aromatic nitrogens is 2. The van der Waals surface area contributed by atoms with Gasteiger partial charge in [-0.15, -0.1) is 0 Å². The first kappa shape index (κ1) is 13.7. The fourth-order valence-electron chi connectivity index (χ4n) is 2.15. The highest BCUT2D eigenvalue weighted by molar-refractivity contribution is 5.58. The zero-order valence-corrected chi connectivity index (χ0v) is 11.0. The zero-order chi connectivity index (χ0) is 14.0. The molecule has 1 fully saturated rings. The number of rotatable bonds is 3. The Labute approximate surface area is 110 Å². The van der Waals surface area contributed by atoms with Gasteiger partial charge in [0.1, 0.15) is 0 Å².